The molecule has 5 nitrogen and oxygen atoms in total. The molecule has 1 unspecified atom stereocenters. The lowest BCUT2D eigenvalue weighted by Gasteiger charge is -2.35. The SMILES string of the molecule is C=C/C=C(\C)[Si](C(=C)C=C)(c1ccccc1)c1ccc2c(c1)c1ccccc1n2-c1ncc2nccnc2n1. The zero-order valence-electron chi connectivity index (χ0n) is 21.7. The maximum absolute atomic E-state index is 4.77. The zero-order valence-corrected chi connectivity index (χ0v) is 22.7. The minimum absolute atomic E-state index is 0.562. The number of hydrogen-bond donors (Lipinski definition) is 0. The molecule has 6 heteroatoms. The second-order valence-electron chi connectivity index (χ2n) is 9.45. The Morgan fingerprint density at radius 2 is 1.56 bits per heavy atom. The molecule has 0 aliphatic heterocycles. The monoisotopic (exact) mass is 521 g/mol. The molecule has 6 rings (SSSR count). The normalized spacial score (nSPS) is 13.4. The third-order valence-electron chi connectivity index (χ3n) is 7.41. The highest BCUT2D eigenvalue weighted by Crippen LogP contribution is 2.32. The molecular weight excluding hydrogens is 494 g/mol. The van der Waals surface area contributed by atoms with E-state index >= 15 is 0 Å². The summed E-state index contributed by atoms with van der Waals surface area (Å²) in [5.74, 6) is 0.562. The summed E-state index contributed by atoms with van der Waals surface area (Å²) in [7, 11) is -2.67. The van der Waals surface area contributed by atoms with Crippen LogP contribution >= 0.6 is 0 Å². The molecule has 0 aliphatic rings. The fourth-order valence-corrected chi connectivity index (χ4v) is 10.2. The highest BCUT2D eigenvalue weighted by Gasteiger charge is 2.41. The van der Waals surface area contributed by atoms with Gasteiger partial charge in [0.15, 0.2) is 13.7 Å². The van der Waals surface area contributed by atoms with E-state index in [1.807, 2.05) is 18.2 Å². The van der Waals surface area contributed by atoms with Crippen LogP contribution in [0.2, 0.25) is 0 Å². The first-order valence-electron chi connectivity index (χ1n) is 12.7. The van der Waals surface area contributed by atoms with Crippen molar-refractivity contribution in [1.82, 2.24) is 24.5 Å². The molecule has 0 fully saturated rings. The van der Waals surface area contributed by atoms with Gasteiger partial charge in [-0.3, -0.25) is 4.57 Å². The number of allylic oxidation sites excluding steroid dienone is 5. The molecule has 0 N–H and O–H groups in total. The van der Waals surface area contributed by atoms with E-state index in [1.165, 1.54) is 15.6 Å². The first-order valence-corrected chi connectivity index (χ1v) is 14.7. The number of para-hydroxylation sites is 1. The van der Waals surface area contributed by atoms with E-state index in [4.69, 9.17) is 4.98 Å². The van der Waals surface area contributed by atoms with Gasteiger partial charge in [0.1, 0.15) is 5.52 Å². The summed E-state index contributed by atoms with van der Waals surface area (Å²) < 4.78 is 2.10. The zero-order chi connectivity index (χ0) is 27.0. The highest BCUT2D eigenvalue weighted by molar-refractivity contribution is 7.12. The Kier molecular flexibility index (Phi) is 6.09. The van der Waals surface area contributed by atoms with Crippen molar-refractivity contribution >= 4 is 51.4 Å². The lowest BCUT2D eigenvalue weighted by Crippen LogP contribution is -2.61. The van der Waals surface area contributed by atoms with Gasteiger partial charge in [-0.15, -0.1) is 0 Å². The molecule has 1 atom stereocenters. The average Bonchev–Trinajstić information content (AvgIpc) is 3.32. The van der Waals surface area contributed by atoms with Crippen LogP contribution in [-0.4, -0.2) is 32.6 Å². The molecule has 3 aromatic carbocycles. The summed E-state index contributed by atoms with van der Waals surface area (Å²) in [6, 6.07) is 25.8. The minimum Gasteiger partial charge on any atom is -0.278 e. The van der Waals surface area contributed by atoms with Crippen LogP contribution < -0.4 is 10.4 Å². The third kappa shape index (κ3) is 3.76. The van der Waals surface area contributed by atoms with E-state index in [1.54, 1.807) is 18.6 Å². The lowest BCUT2D eigenvalue weighted by molar-refractivity contribution is 0.995. The first-order chi connectivity index (χ1) is 19.1. The minimum atomic E-state index is -2.67. The van der Waals surface area contributed by atoms with E-state index in [2.05, 4.69) is 119 Å². The quantitative estimate of drug-likeness (QED) is 0.190. The van der Waals surface area contributed by atoms with Crippen molar-refractivity contribution in [3.8, 4) is 5.95 Å². The van der Waals surface area contributed by atoms with Crippen molar-refractivity contribution in [1.29, 1.82) is 0 Å². The van der Waals surface area contributed by atoms with E-state index in [0.29, 0.717) is 17.1 Å². The van der Waals surface area contributed by atoms with Gasteiger partial charge < -0.3 is 0 Å². The van der Waals surface area contributed by atoms with Crippen LogP contribution in [0.15, 0.2) is 140 Å². The van der Waals surface area contributed by atoms with Crippen LogP contribution in [0, 0.1) is 0 Å². The van der Waals surface area contributed by atoms with E-state index in [-0.39, 0.29) is 0 Å². The van der Waals surface area contributed by atoms with Crippen LogP contribution in [0.4, 0.5) is 0 Å². The van der Waals surface area contributed by atoms with E-state index in [9.17, 15) is 0 Å². The van der Waals surface area contributed by atoms with Gasteiger partial charge in [-0.2, -0.15) is 4.98 Å². The molecule has 188 valence electrons. The Bertz CT molecular complexity index is 1940. The topological polar surface area (TPSA) is 56.5 Å². The molecule has 3 heterocycles. The number of benzene rings is 3. The fraction of sp³-hybridized carbons (Fsp3) is 0.0303. The summed E-state index contributed by atoms with van der Waals surface area (Å²) in [4.78, 5) is 18.2. The van der Waals surface area contributed by atoms with Gasteiger partial charge in [0.25, 0.3) is 0 Å². The van der Waals surface area contributed by atoms with Crippen LogP contribution in [-0.2, 0) is 0 Å². The maximum Gasteiger partial charge on any atom is 0.236 e. The largest absolute Gasteiger partial charge is 0.278 e. The third-order valence-corrected chi connectivity index (χ3v) is 12.3. The van der Waals surface area contributed by atoms with Crippen molar-refractivity contribution in [3.63, 3.8) is 0 Å². The molecule has 0 spiro atoms. The molecule has 0 bridgehead atoms. The number of fused-ring (bicyclic) bond motifs is 4. The summed E-state index contributed by atoms with van der Waals surface area (Å²) in [6.07, 6.45) is 10.9. The average molecular weight is 522 g/mol. The molecule has 0 saturated carbocycles. The van der Waals surface area contributed by atoms with Gasteiger partial charge >= 0.3 is 0 Å². The van der Waals surface area contributed by atoms with E-state index < -0.39 is 8.07 Å². The molecule has 0 amide bonds. The van der Waals surface area contributed by atoms with Crippen molar-refractivity contribution in [2.45, 2.75) is 6.92 Å². The van der Waals surface area contributed by atoms with Gasteiger partial charge in [-0.05, 0) is 29.4 Å². The molecule has 0 saturated heterocycles. The van der Waals surface area contributed by atoms with E-state index in [0.717, 1.165) is 27.0 Å². The molecule has 0 radical (unpaired) electrons. The number of hydrogen-bond acceptors (Lipinski definition) is 4. The standard InChI is InChI=1S/C33H27N5Si/c1-5-12-24(4)39(23(3)6-2,25-13-8-7-9-14-25)26-17-18-31-28(21-26)27-15-10-11-16-30(27)38(31)33-36-22-29-32(37-33)35-20-19-34-29/h5-22H,1-3H2,4H3/b24-12+. The maximum atomic E-state index is 4.77. The Morgan fingerprint density at radius 1 is 0.821 bits per heavy atom. The highest BCUT2D eigenvalue weighted by atomic mass is 28.3. The second kappa shape index (κ2) is 9.74. The van der Waals surface area contributed by atoms with Gasteiger partial charge in [-0.1, -0.05) is 109 Å². The smallest absolute Gasteiger partial charge is 0.236 e. The Balaban J connectivity index is 1.69. The molecule has 39 heavy (non-hydrogen) atoms. The number of rotatable bonds is 7. The van der Waals surface area contributed by atoms with Gasteiger partial charge in [-0.25, -0.2) is 15.0 Å². The predicted octanol–water partition coefficient (Wildman–Crippen LogP) is 6.03. The first kappa shape index (κ1) is 24.4. The van der Waals surface area contributed by atoms with Crippen molar-refractivity contribution in [2.24, 2.45) is 0 Å². The number of nitrogens with zero attached hydrogens (tertiary/aromatic N) is 5. The van der Waals surface area contributed by atoms with Crippen LogP contribution in [0.1, 0.15) is 6.92 Å². The number of aromatic nitrogens is 5. The predicted molar refractivity (Wildman–Crippen MR) is 164 cm³/mol. The Labute approximate surface area is 228 Å². The Morgan fingerprint density at radius 3 is 2.36 bits per heavy atom. The van der Waals surface area contributed by atoms with Gasteiger partial charge in [0.2, 0.25) is 5.95 Å². The molecule has 0 aliphatic carbocycles. The lowest BCUT2D eigenvalue weighted by atomic mass is 10.1. The second-order valence-corrected chi connectivity index (χ2v) is 13.5. The summed E-state index contributed by atoms with van der Waals surface area (Å²) in [5.41, 5.74) is 3.28. The summed E-state index contributed by atoms with van der Waals surface area (Å²) in [5, 5.41) is 7.02. The van der Waals surface area contributed by atoms with Crippen LogP contribution in [0.25, 0.3) is 38.9 Å². The molecule has 6 aromatic rings. The van der Waals surface area contributed by atoms with Crippen molar-refractivity contribution in [2.75, 3.05) is 0 Å². The Hall–Kier alpha value is -4.94. The summed E-state index contributed by atoms with van der Waals surface area (Å²) in [6.45, 7) is 14.9. The van der Waals surface area contributed by atoms with Gasteiger partial charge in [0, 0.05) is 23.2 Å². The molecule has 3 aromatic heterocycles. The van der Waals surface area contributed by atoms with Crippen LogP contribution in [0.5, 0.6) is 0 Å². The van der Waals surface area contributed by atoms with Crippen molar-refractivity contribution < 1.29 is 0 Å². The molecular formula is C33H27N5Si. The van der Waals surface area contributed by atoms with Crippen LogP contribution in [0.3, 0.4) is 0 Å². The van der Waals surface area contributed by atoms with Gasteiger partial charge in [0.05, 0.1) is 17.2 Å². The summed E-state index contributed by atoms with van der Waals surface area (Å²) >= 11 is 0. The van der Waals surface area contributed by atoms with Crippen molar-refractivity contribution in [3.05, 3.63) is 140 Å². The fourth-order valence-electron chi connectivity index (χ4n) is 5.68.